The summed E-state index contributed by atoms with van der Waals surface area (Å²) in [5.74, 6) is 1.57. The Hall–Kier alpha value is -2.08. The van der Waals surface area contributed by atoms with Crippen LogP contribution in [0.5, 0.6) is 11.5 Å². The van der Waals surface area contributed by atoms with E-state index < -0.39 is 6.10 Å². The van der Waals surface area contributed by atoms with Gasteiger partial charge in [-0.25, -0.2) is 0 Å². The average Bonchev–Trinajstić information content (AvgIpc) is 3.11. The number of hydrogen-bond donors (Lipinski definition) is 1. The lowest BCUT2D eigenvalue weighted by molar-refractivity contribution is 0.0803. The number of nitrogens with zero attached hydrogens (tertiary/aromatic N) is 1. The molecule has 1 aliphatic rings. The van der Waals surface area contributed by atoms with Crippen LogP contribution in [-0.4, -0.2) is 49.0 Å². The molecule has 1 heterocycles. The smallest absolute Gasteiger partial charge is 0.127 e. The molecule has 1 aliphatic heterocycles. The van der Waals surface area contributed by atoms with E-state index in [2.05, 4.69) is 11.8 Å². The van der Waals surface area contributed by atoms with E-state index in [1.54, 1.807) is 7.11 Å². The molecular weight excluding hydrogens is 330 g/mol. The van der Waals surface area contributed by atoms with Crippen LogP contribution in [0.2, 0.25) is 0 Å². The van der Waals surface area contributed by atoms with Gasteiger partial charge in [-0.2, -0.15) is 0 Å². The average molecular weight is 357 g/mol. The van der Waals surface area contributed by atoms with Gasteiger partial charge in [0.25, 0.3) is 0 Å². The van der Waals surface area contributed by atoms with E-state index in [1.165, 1.54) is 0 Å². The molecule has 1 fully saturated rings. The van der Waals surface area contributed by atoms with Gasteiger partial charge in [0.2, 0.25) is 0 Å². The van der Waals surface area contributed by atoms with E-state index in [0.717, 1.165) is 29.2 Å². The number of likely N-dealkylation sites (N-methyl/N-ethyl adjacent to an activating group) is 1. The zero-order valence-corrected chi connectivity index (χ0v) is 15.4. The third-order valence-corrected chi connectivity index (χ3v) is 4.78. The first kappa shape index (κ1) is 18.7. The molecule has 0 amide bonds. The lowest BCUT2D eigenvalue weighted by atomic mass is 10.1. The number of ether oxygens (including phenoxy) is 3. The van der Waals surface area contributed by atoms with Gasteiger partial charge in [0.05, 0.1) is 32.5 Å². The van der Waals surface area contributed by atoms with Crippen molar-refractivity contribution in [2.45, 2.75) is 32.2 Å². The minimum Gasteiger partial charge on any atom is -0.496 e. The molecule has 5 nitrogen and oxygen atoms in total. The van der Waals surface area contributed by atoms with E-state index in [-0.39, 0.29) is 6.04 Å². The molecule has 2 aromatic carbocycles. The molecule has 0 aliphatic carbocycles. The van der Waals surface area contributed by atoms with Crippen LogP contribution in [0.4, 0.5) is 0 Å². The third-order valence-electron chi connectivity index (χ3n) is 4.78. The molecule has 3 rings (SSSR count). The maximum atomic E-state index is 10.1. The van der Waals surface area contributed by atoms with Gasteiger partial charge in [-0.05, 0) is 18.2 Å². The van der Waals surface area contributed by atoms with Crippen LogP contribution in [0.1, 0.15) is 18.1 Å². The molecule has 1 saturated heterocycles. The summed E-state index contributed by atoms with van der Waals surface area (Å²) in [5, 5.41) is 10.1. The Balaban J connectivity index is 1.67. The summed E-state index contributed by atoms with van der Waals surface area (Å²) in [7, 11) is 1.67. The van der Waals surface area contributed by atoms with Gasteiger partial charge in [0.1, 0.15) is 18.1 Å². The monoisotopic (exact) mass is 357 g/mol. The van der Waals surface area contributed by atoms with Gasteiger partial charge in [-0.3, -0.25) is 4.90 Å². The summed E-state index contributed by atoms with van der Waals surface area (Å²) >= 11 is 0. The number of methoxy groups -OCH3 is 1. The zero-order valence-electron chi connectivity index (χ0n) is 15.4. The minimum absolute atomic E-state index is 0.0266. The first-order valence-corrected chi connectivity index (χ1v) is 9.04. The van der Waals surface area contributed by atoms with E-state index in [0.29, 0.717) is 26.4 Å². The summed E-state index contributed by atoms with van der Waals surface area (Å²) < 4.78 is 16.9. The molecule has 2 aromatic rings. The van der Waals surface area contributed by atoms with Crippen molar-refractivity contribution < 1.29 is 19.3 Å². The third kappa shape index (κ3) is 4.55. The molecule has 2 atom stereocenters. The van der Waals surface area contributed by atoms with Gasteiger partial charge in [-0.15, -0.1) is 0 Å². The Kier molecular flexibility index (Phi) is 6.50. The largest absolute Gasteiger partial charge is 0.496 e. The molecular formula is C21H27NO4. The highest BCUT2D eigenvalue weighted by molar-refractivity contribution is 5.41. The molecule has 0 spiro atoms. The maximum Gasteiger partial charge on any atom is 0.127 e. The summed E-state index contributed by atoms with van der Waals surface area (Å²) in [6, 6.07) is 16.0. The molecule has 0 unspecified atom stereocenters. The standard InChI is InChI=1S/C21H27NO4/c1-3-22(19-14-25-15-20(19)23)12-17-9-10-18(11-21(17)24-2)26-13-16-7-5-4-6-8-16/h4-11,19-20,23H,3,12-15H2,1-2H3/t19-,20-/m0/s1. The number of aliphatic hydroxyl groups is 1. The van der Waals surface area contributed by atoms with E-state index >= 15 is 0 Å². The topological polar surface area (TPSA) is 51.2 Å². The van der Waals surface area contributed by atoms with E-state index in [9.17, 15) is 5.11 Å². The Morgan fingerprint density at radius 3 is 2.62 bits per heavy atom. The summed E-state index contributed by atoms with van der Waals surface area (Å²) in [5.41, 5.74) is 2.20. The van der Waals surface area contributed by atoms with Crippen LogP contribution >= 0.6 is 0 Å². The molecule has 1 N–H and O–H groups in total. The van der Waals surface area contributed by atoms with Crippen molar-refractivity contribution in [3.8, 4) is 11.5 Å². The number of rotatable bonds is 8. The Labute approximate surface area is 155 Å². The molecule has 0 saturated carbocycles. The number of hydrogen-bond acceptors (Lipinski definition) is 5. The molecule has 0 radical (unpaired) electrons. The Morgan fingerprint density at radius 2 is 1.96 bits per heavy atom. The second-order valence-corrected chi connectivity index (χ2v) is 6.48. The predicted octanol–water partition coefficient (Wildman–Crippen LogP) is 2.86. The molecule has 0 bridgehead atoms. The predicted molar refractivity (Wildman–Crippen MR) is 100 cm³/mol. The van der Waals surface area contributed by atoms with Gasteiger partial charge >= 0.3 is 0 Å². The van der Waals surface area contributed by atoms with Crippen LogP contribution in [0, 0.1) is 0 Å². The fourth-order valence-corrected chi connectivity index (χ4v) is 3.25. The van der Waals surface area contributed by atoms with Gasteiger partial charge < -0.3 is 19.3 Å². The summed E-state index contributed by atoms with van der Waals surface area (Å²) in [6.45, 7) is 5.12. The summed E-state index contributed by atoms with van der Waals surface area (Å²) in [4.78, 5) is 2.22. The van der Waals surface area contributed by atoms with Crippen molar-refractivity contribution >= 4 is 0 Å². The van der Waals surface area contributed by atoms with Crippen LogP contribution in [0.3, 0.4) is 0 Å². The molecule has 140 valence electrons. The van der Waals surface area contributed by atoms with Crippen LogP contribution < -0.4 is 9.47 Å². The molecule has 0 aromatic heterocycles. The van der Waals surface area contributed by atoms with Crippen LogP contribution in [0.25, 0.3) is 0 Å². The van der Waals surface area contributed by atoms with Crippen molar-refractivity contribution in [1.29, 1.82) is 0 Å². The lowest BCUT2D eigenvalue weighted by Crippen LogP contribution is -2.42. The van der Waals surface area contributed by atoms with Gasteiger partial charge in [0, 0.05) is 18.2 Å². The van der Waals surface area contributed by atoms with Crippen molar-refractivity contribution in [2.24, 2.45) is 0 Å². The van der Waals surface area contributed by atoms with E-state index in [4.69, 9.17) is 14.2 Å². The Bertz CT molecular complexity index is 692. The van der Waals surface area contributed by atoms with Crippen molar-refractivity contribution in [1.82, 2.24) is 4.90 Å². The SMILES string of the molecule is CCN(Cc1ccc(OCc2ccccc2)cc1OC)[C@H]1COC[C@@H]1O. The highest BCUT2D eigenvalue weighted by Gasteiger charge is 2.31. The minimum atomic E-state index is -0.436. The fourth-order valence-electron chi connectivity index (χ4n) is 3.25. The second kappa shape index (κ2) is 9.03. The highest BCUT2D eigenvalue weighted by Crippen LogP contribution is 2.28. The Morgan fingerprint density at radius 1 is 1.15 bits per heavy atom. The number of aliphatic hydroxyl groups excluding tert-OH is 1. The molecule has 26 heavy (non-hydrogen) atoms. The van der Waals surface area contributed by atoms with Crippen LogP contribution in [0.15, 0.2) is 48.5 Å². The molecule has 5 heteroatoms. The highest BCUT2D eigenvalue weighted by atomic mass is 16.5. The first-order valence-electron chi connectivity index (χ1n) is 9.04. The normalized spacial score (nSPS) is 19.7. The lowest BCUT2D eigenvalue weighted by Gasteiger charge is -2.29. The van der Waals surface area contributed by atoms with E-state index in [1.807, 2.05) is 48.5 Å². The quantitative estimate of drug-likeness (QED) is 0.787. The van der Waals surface area contributed by atoms with Crippen molar-refractivity contribution in [2.75, 3.05) is 26.9 Å². The zero-order chi connectivity index (χ0) is 18.4. The fraction of sp³-hybridized carbons (Fsp3) is 0.429. The summed E-state index contributed by atoms with van der Waals surface area (Å²) in [6.07, 6.45) is -0.436. The van der Waals surface area contributed by atoms with Crippen molar-refractivity contribution in [3.63, 3.8) is 0 Å². The second-order valence-electron chi connectivity index (χ2n) is 6.48. The van der Waals surface area contributed by atoms with Crippen molar-refractivity contribution in [3.05, 3.63) is 59.7 Å². The maximum absolute atomic E-state index is 10.1. The van der Waals surface area contributed by atoms with Gasteiger partial charge in [-0.1, -0.05) is 43.3 Å². The van der Waals surface area contributed by atoms with Crippen LogP contribution in [-0.2, 0) is 17.9 Å². The van der Waals surface area contributed by atoms with Gasteiger partial charge in [0.15, 0.2) is 0 Å². The first-order chi connectivity index (χ1) is 12.7. The number of benzene rings is 2.